The van der Waals surface area contributed by atoms with E-state index in [1.807, 2.05) is 0 Å². The van der Waals surface area contributed by atoms with E-state index < -0.39 is 15.6 Å². The summed E-state index contributed by atoms with van der Waals surface area (Å²) in [5.41, 5.74) is -0.702. The first-order chi connectivity index (χ1) is 7.60. The minimum absolute atomic E-state index is 0.0339. The van der Waals surface area contributed by atoms with Gasteiger partial charge in [-0.05, 0) is 20.8 Å². The summed E-state index contributed by atoms with van der Waals surface area (Å²) in [4.78, 5) is 0. The summed E-state index contributed by atoms with van der Waals surface area (Å²) in [7, 11) is -2.05. The molecule has 0 radical (unpaired) electrons. The van der Waals surface area contributed by atoms with Crippen LogP contribution in [0.25, 0.3) is 0 Å². The topological polar surface area (TPSA) is 83.6 Å². The lowest BCUT2D eigenvalue weighted by Gasteiger charge is -2.24. The Kier molecular flexibility index (Phi) is 3.95. The summed E-state index contributed by atoms with van der Waals surface area (Å²) in [5.74, 6) is 0.344. The Balaban J connectivity index is 2.75. The van der Waals surface area contributed by atoms with Gasteiger partial charge in [0.1, 0.15) is 17.2 Å². The number of sulfonamides is 1. The van der Waals surface area contributed by atoms with Gasteiger partial charge in [0.2, 0.25) is 10.0 Å². The first kappa shape index (κ1) is 14.1. The van der Waals surface area contributed by atoms with Gasteiger partial charge >= 0.3 is 0 Å². The molecule has 1 N–H and O–H groups in total. The lowest BCUT2D eigenvalue weighted by atomic mass is 10.1. The maximum absolute atomic E-state index is 11.9. The maximum atomic E-state index is 11.9. The molecular weight excluding hydrogens is 244 g/mol. The smallest absolute Gasteiger partial charge is 0.219 e. The maximum Gasteiger partial charge on any atom is 0.219 e. The molecule has 1 heterocycles. The van der Waals surface area contributed by atoms with Crippen LogP contribution < -0.4 is 0 Å². The van der Waals surface area contributed by atoms with Crippen molar-refractivity contribution in [2.45, 2.75) is 32.1 Å². The quantitative estimate of drug-likeness (QED) is 0.836. The molecule has 0 fully saturated rings. The average molecular weight is 262 g/mol. The van der Waals surface area contributed by atoms with Crippen molar-refractivity contribution in [1.82, 2.24) is 9.46 Å². The fourth-order valence-electron chi connectivity index (χ4n) is 1.43. The third kappa shape index (κ3) is 4.45. The van der Waals surface area contributed by atoms with Crippen LogP contribution in [0, 0.1) is 6.92 Å². The molecule has 1 aromatic heterocycles. The van der Waals surface area contributed by atoms with Gasteiger partial charge < -0.3 is 9.63 Å². The molecule has 0 atom stereocenters. The molecule has 17 heavy (non-hydrogen) atoms. The number of aryl methyl sites for hydroxylation is 1. The summed E-state index contributed by atoms with van der Waals surface area (Å²) >= 11 is 0. The highest BCUT2D eigenvalue weighted by molar-refractivity contribution is 7.88. The van der Waals surface area contributed by atoms with E-state index in [2.05, 4.69) is 5.16 Å². The van der Waals surface area contributed by atoms with Crippen LogP contribution in [-0.2, 0) is 15.8 Å². The van der Waals surface area contributed by atoms with Crippen molar-refractivity contribution in [2.24, 2.45) is 0 Å². The molecule has 0 amide bonds. The van der Waals surface area contributed by atoms with Crippen LogP contribution in [0.4, 0.5) is 0 Å². The molecule has 0 aliphatic rings. The molecule has 98 valence electrons. The normalized spacial score (nSPS) is 13.3. The molecule has 0 saturated carbocycles. The number of hydrogen-bond acceptors (Lipinski definition) is 5. The molecule has 0 spiro atoms. The van der Waals surface area contributed by atoms with E-state index in [1.165, 1.54) is 7.05 Å². The van der Waals surface area contributed by atoms with Crippen LogP contribution in [-0.4, -0.2) is 42.2 Å². The SMILES string of the molecule is Cc1cc(CS(=O)(=O)N(C)CC(C)(C)O)no1. The van der Waals surface area contributed by atoms with E-state index >= 15 is 0 Å². The van der Waals surface area contributed by atoms with Crippen LogP contribution in [0.15, 0.2) is 10.6 Å². The van der Waals surface area contributed by atoms with Crippen LogP contribution in [0.5, 0.6) is 0 Å². The van der Waals surface area contributed by atoms with Gasteiger partial charge in [-0.3, -0.25) is 0 Å². The molecule has 0 aliphatic heterocycles. The first-order valence-electron chi connectivity index (χ1n) is 5.19. The zero-order valence-corrected chi connectivity index (χ0v) is 11.3. The molecule has 0 saturated heterocycles. The van der Waals surface area contributed by atoms with Crippen molar-refractivity contribution in [3.63, 3.8) is 0 Å². The lowest BCUT2D eigenvalue weighted by molar-refractivity contribution is 0.0639. The van der Waals surface area contributed by atoms with Gasteiger partial charge in [-0.25, -0.2) is 12.7 Å². The van der Waals surface area contributed by atoms with Gasteiger partial charge in [-0.2, -0.15) is 0 Å². The Morgan fingerprint density at radius 1 is 1.53 bits per heavy atom. The second-order valence-corrected chi connectivity index (χ2v) is 6.83. The summed E-state index contributed by atoms with van der Waals surface area (Å²) in [6, 6.07) is 1.58. The summed E-state index contributed by atoms with van der Waals surface area (Å²) in [6.45, 7) is 4.84. The largest absolute Gasteiger partial charge is 0.389 e. The van der Waals surface area contributed by atoms with E-state index in [4.69, 9.17) is 4.52 Å². The lowest BCUT2D eigenvalue weighted by Crippen LogP contribution is -2.40. The fraction of sp³-hybridized carbons (Fsp3) is 0.700. The van der Waals surface area contributed by atoms with Gasteiger partial charge in [0.25, 0.3) is 0 Å². The van der Waals surface area contributed by atoms with Crippen molar-refractivity contribution >= 4 is 10.0 Å². The monoisotopic (exact) mass is 262 g/mol. The number of rotatable bonds is 5. The Morgan fingerprint density at radius 3 is 2.53 bits per heavy atom. The second-order valence-electron chi connectivity index (χ2n) is 4.75. The van der Waals surface area contributed by atoms with Crippen molar-refractivity contribution in [3.05, 3.63) is 17.5 Å². The number of nitrogens with zero attached hydrogens (tertiary/aromatic N) is 2. The molecular formula is C10H18N2O4S. The Bertz CT molecular complexity index is 473. The number of likely N-dealkylation sites (N-methyl/N-ethyl adjacent to an activating group) is 1. The fourth-order valence-corrected chi connectivity index (χ4v) is 2.67. The third-order valence-electron chi connectivity index (χ3n) is 2.09. The summed E-state index contributed by atoms with van der Waals surface area (Å²) in [5, 5.41) is 13.2. The van der Waals surface area contributed by atoms with Gasteiger partial charge in [0.15, 0.2) is 0 Å². The molecule has 0 aliphatic carbocycles. The van der Waals surface area contributed by atoms with Crippen molar-refractivity contribution < 1.29 is 18.0 Å². The molecule has 0 aromatic carbocycles. The molecule has 7 heteroatoms. The minimum Gasteiger partial charge on any atom is -0.389 e. The Morgan fingerprint density at radius 2 is 2.12 bits per heavy atom. The predicted molar refractivity (Wildman–Crippen MR) is 62.8 cm³/mol. The number of hydrogen-bond donors (Lipinski definition) is 1. The van der Waals surface area contributed by atoms with Crippen molar-refractivity contribution in [3.8, 4) is 0 Å². The average Bonchev–Trinajstić information content (AvgIpc) is 2.47. The van der Waals surface area contributed by atoms with Gasteiger partial charge in [0, 0.05) is 19.7 Å². The van der Waals surface area contributed by atoms with E-state index in [0.29, 0.717) is 11.5 Å². The van der Waals surface area contributed by atoms with Crippen LogP contribution in [0.3, 0.4) is 0 Å². The summed E-state index contributed by atoms with van der Waals surface area (Å²) in [6.07, 6.45) is 0. The molecule has 0 bridgehead atoms. The predicted octanol–water partition coefficient (Wildman–Crippen LogP) is 0.516. The van der Waals surface area contributed by atoms with Crippen LogP contribution in [0.1, 0.15) is 25.3 Å². The number of aromatic nitrogens is 1. The van der Waals surface area contributed by atoms with Crippen LogP contribution in [0.2, 0.25) is 0 Å². The zero-order valence-electron chi connectivity index (χ0n) is 10.5. The molecule has 0 unspecified atom stereocenters. The summed E-state index contributed by atoms with van der Waals surface area (Å²) < 4.78 is 29.8. The highest BCUT2D eigenvalue weighted by atomic mass is 32.2. The molecule has 1 aromatic rings. The van der Waals surface area contributed by atoms with Gasteiger partial charge in [-0.15, -0.1) is 0 Å². The van der Waals surface area contributed by atoms with Crippen molar-refractivity contribution in [1.29, 1.82) is 0 Å². The number of aliphatic hydroxyl groups is 1. The highest BCUT2D eigenvalue weighted by Crippen LogP contribution is 2.12. The van der Waals surface area contributed by atoms with E-state index in [0.717, 1.165) is 4.31 Å². The van der Waals surface area contributed by atoms with E-state index in [-0.39, 0.29) is 12.3 Å². The van der Waals surface area contributed by atoms with Gasteiger partial charge in [0.05, 0.1) is 5.60 Å². The third-order valence-corrected chi connectivity index (χ3v) is 3.83. The second kappa shape index (κ2) is 4.75. The first-order valence-corrected chi connectivity index (χ1v) is 6.80. The zero-order chi connectivity index (χ0) is 13.3. The van der Waals surface area contributed by atoms with Gasteiger partial charge in [-0.1, -0.05) is 5.16 Å². The highest BCUT2D eigenvalue weighted by Gasteiger charge is 2.25. The molecule has 6 nitrogen and oxygen atoms in total. The minimum atomic E-state index is -3.48. The molecule has 1 rings (SSSR count). The standard InChI is InChI=1S/C10H18N2O4S/c1-8-5-9(11-16-8)6-17(14,15)12(4)7-10(2,3)13/h5,13H,6-7H2,1-4H3. The van der Waals surface area contributed by atoms with Crippen LogP contribution >= 0.6 is 0 Å². The Labute approximate surface area is 101 Å². The van der Waals surface area contributed by atoms with E-state index in [1.54, 1.807) is 26.8 Å². The van der Waals surface area contributed by atoms with Crippen molar-refractivity contribution in [2.75, 3.05) is 13.6 Å². The van der Waals surface area contributed by atoms with E-state index in [9.17, 15) is 13.5 Å². The Hall–Kier alpha value is -0.920.